The van der Waals surface area contributed by atoms with Crippen LogP contribution in [-0.2, 0) is 5.60 Å². The molecule has 170 valence electrons. The Balaban J connectivity index is 1.60. The minimum atomic E-state index is -2.98. The van der Waals surface area contributed by atoms with Crippen molar-refractivity contribution in [1.82, 2.24) is 19.5 Å². The van der Waals surface area contributed by atoms with Crippen LogP contribution in [0.15, 0.2) is 54.9 Å². The van der Waals surface area contributed by atoms with Gasteiger partial charge in [-0.2, -0.15) is 8.78 Å². The lowest BCUT2D eigenvalue weighted by molar-refractivity contribution is -0.0507. The first-order chi connectivity index (χ1) is 15.7. The number of imidazole rings is 1. The Labute approximate surface area is 187 Å². The third kappa shape index (κ3) is 3.82. The number of rotatable bonds is 5. The van der Waals surface area contributed by atoms with Gasteiger partial charge in [0, 0.05) is 29.9 Å². The van der Waals surface area contributed by atoms with Gasteiger partial charge in [-0.05, 0) is 37.6 Å². The average Bonchev–Trinajstić information content (AvgIpc) is 3.30. The van der Waals surface area contributed by atoms with Gasteiger partial charge in [0.2, 0.25) is 0 Å². The maximum absolute atomic E-state index is 14.9. The molecule has 0 amide bonds. The number of nitrogens with zero attached hydrogens (tertiary/aromatic N) is 4. The predicted octanol–water partition coefficient (Wildman–Crippen LogP) is 5.33. The third-order valence-corrected chi connectivity index (χ3v) is 5.77. The summed E-state index contributed by atoms with van der Waals surface area (Å²) >= 11 is 0. The standard InChI is InChI=1S/C24H21F3N4O2/c1-24(2,32)22-28-11-14(12-29-22)13-7-8-17-19(9-13)31-18(10-16(25)21(31)30-17)15-5-3-4-6-20(15)33-23(26)27/h3-9,11-12,16,18,23,32H,10H2,1-2H3. The minimum absolute atomic E-state index is 0.0196. The maximum Gasteiger partial charge on any atom is 0.387 e. The van der Waals surface area contributed by atoms with Gasteiger partial charge in [-0.25, -0.2) is 19.3 Å². The fraction of sp³-hybridized carbons (Fsp3) is 0.292. The van der Waals surface area contributed by atoms with Gasteiger partial charge in [-0.15, -0.1) is 0 Å². The van der Waals surface area contributed by atoms with Gasteiger partial charge in [-0.3, -0.25) is 0 Å². The molecule has 0 saturated heterocycles. The first-order valence-corrected chi connectivity index (χ1v) is 10.5. The Morgan fingerprint density at radius 3 is 2.52 bits per heavy atom. The summed E-state index contributed by atoms with van der Waals surface area (Å²) in [6.45, 7) is 0.227. The van der Waals surface area contributed by atoms with E-state index in [4.69, 9.17) is 4.74 Å². The van der Waals surface area contributed by atoms with Crippen LogP contribution in [0, 0.1) is 0 Å². The Bertz CT molecular complexity index is 1320. The highest BCUT2D eigenvalue weighted by molar-refractivity contribution is 5.83. The van der Waals surface area contributed by atoms with Gasteiger partial charge in [-0.1, -0.05) is 24.3 Å². The Hall–Kier alpha value is -3.46. The van der Waals surface area contributed by atoms with Crippen molar-refractivity contribution in [3.05, 3.63) is 72.1 Å². The number of benzene rings is 2. The van der Waals surface area contributed by atoms with Crippen molar-refractivity contribution in [3.8, 4) is 16.9 Å². The van der Waals surface area contributed by atoms with Crippen molar-refractivity contribution in [2.24, 2.45) is 0 Å². The number of aromatic nitrogens is 4. The number of hydrogen-bond donors (Lipinski definition) is 1. The zero-order valence-electron chi connectivity index (χ0n) is 17.9. The average molecular weight is 454 g/mol. The van der Waals surface area contributed by atoms with Crippen LogP contribution >= 0.6 is 0 Å². The second-order valence-electron chi connectivity index (χ2n) is 8.53. The van der Waals surface area contributed by atoms with E-state index in [0.29, 0.717) is 28.0 Å². The van der Waals surface area contributed by atoms with Gasteiger partial charge < -0.3 is 14.4 Å². The van der Waals surface area contributed by atoms with Crippen molar-refractivity contribution in [2.75, 3.05) is 0 Å². The van der Waals surface area contributed by atoms with Crippen LogP contribution in [0.25, 0.3) is 22.2 Å². The highest BCUT2D eigenvalue weighted by Crippen LogP contribution is 2.45. The molecule has 2 aromatic heterocycles. The Morgan fingerprint density at radius 2 is 1.82 bits per heavy atom. The maximum atomic E-state index is 14.9. The molecule has 0 saturated carbocycles. The molecule has 9 heteroatoms. The van der Waals surface area contributed by atoms with E-state index in [1.54, 1.807) is 55.1 Å². The van der Waals surface area contributed by atoms with Gasteiger partial charge >= 0.3 is 6.61 Å². The van der Waals surface area contributed by atoms with E-state index in [2.05, 4.69) is 15.0 Å². The van der Waals surface area contributed by atoms with Gasteiger partial charge in [0.05, 0.1) is 17.1 Å². The van der Waals surface area contributed by atoms with Gasteiger partial charge in [0.15, 0.2) is 12.0 Å². The molecule has 6 nitrogen and oxygen atoms in total. The summed E-state index contributed by atoms with van der Waals surface area (Å²) in [5, 5.41) is 10.1. The molecule has 1 aliphatic heterocycles. The van der Waals surface area contributed by atoms with Crippen molar-refractivity contribution in [2.45, 2.75) is 44.7 Å². The summed E-state index contributed by atoms with van der Waals surface area (Å²) in [6.07, 6.45) is 1.98. The molecule has 1 aliphatic rings. The normalized spacial score (nSPS) is 18.2. The largest absolute Gasteiger partial charge is 0.434 e. The number of para-hydroxylation sites is 1. The number of halogens is 3. The van der Waals surface area contributed by atoms with Crippen LogP contribution in [0.1, 0.15) is 49.7 Å². The SMILES string of the molecule is CC(C)(O)c1ncc(-c2ccc3nc4n(c3c2)C(c2ccccc2OC(F)F)CC4F)cn1. The lowest BCUT2D eigenvalue weighted by Crippen LogP contribution is -2.19. The fourth-order valence-corrected chi connectivity index (χ4v) is 4.26. The van der Waals surface area contributed by atoms with E-state index in [9.17, 15) is 18.3 Å². The smallest absolute Gasteiger partial charge is 0.387 e. The molecule has 4 aromatic rings. The summed E-state index contributed by atoms with van der Waals surface area (Å²) in [5.41, 5.74) is 2.08. The van der Waals surface area contributed by atoms with E-state index < -0.39 is 24.4 Å². The van der Waals surface area contributed by atoms with E-state index >= 15 is 0 Å². The fourth-order valence-electron chi connectivity index (χ4n) is 4.26. The molecule has 2 aromatic carbocycles. The van der Waals surface area contributed by atoms with E-state index in [0.717, 1.165) is 5.56 Å². The predicted molar refractivity (Wildman–Crippen MR) is 116 cm³/mol. The van der Waals surface area contributed by atoms with Crippen LogP contribution in [0.2, 0.25) is 0 Å². The number of ether oxygens (including phenoxy) is 1. The molecule has 0 radical (unpaired) electrons. The summed E-state index contributed by atoms with van der Waals surface area (Å²) in [6, 6.07) is 11.4. The van der Waals surface area contributed by atoms with Crippen LogP contribution in [-0.4, -0.2) is 31.2 Å². The molecule has 0 bridgehead atoms. The molecule has 0 fully saturated rings. The number of alkyl halides is 3. The van der Waals surface area contributed by atoms with Crippen molar-refractivity contribution < 1.29 is 23.0 Å². The lowest BCUT2D eigenvalue weighted by Gasteiger charge is -2.19. The first-order valence-electron chi connectivity index (χ1n) is 10.5. The van der Waals surface area contributed by atoms with Crippen LogP contribution in [0.5, 0.6) is 5.75 Å². The van der Waals surface area contributed by atoms with Crippen LogP contribution < -0.4 is 4.74 Å². The zero-order valence-corrected chi connectivity index (χ0v) is 17.9. The molecular weight excluding hydrogens is 433 g/mol. The quantitative estimate of drug-likeness (QED) is 0.442. The highest BCUT2D eigenvalue weighted by Gasteiger charge is 2.36. The van der Waals surface area contributed by atoms with Crippen molar-refractivity contribution >= 4 is 11.0 Å². The topological polar surface area (TPSA) is 73.1 Å². The van der Waals surface area contributed by atoms with Crippen molar-refractivity contribution in [3.63, 3.8) is 0 Å². The van der Waals surface area contributed by atoms with Gasteiger partial charge in [0.1, 0.15) is 17.2 Å². The zero-order chi connectivity index (χ0) is 23.3. The number of fused-ring (bicyclic) bond motifs is 3. The number of aliphatic hydroxyl groups is 1. The summed E-state index contributed by atoms with van der Waals surface area (Å²) in [4.78, 5) is 13.0. The Morgan fingerprint density at radius 1 is 1.09 bits per heavy atom. The molecular formula is C24H21F3N4O2. The lowest BCUT2D eigenvalue weighted by atomic mass is 10.0. The van der Waals surface area contributed by atoms with E-state index in [1.807, 2.05) is 12.1 Å². The summed E-state index contributed by atoms with van der Waals surface area (Å²) in [7, 11) is 0. The molecule has 5 rings (SSSR count). The molecule has 1 N–H and O–H groups in total. The highest BCUT2D eigenvalue weighted by atomic mass is 19.3. The monoisotopic (exact) mass is 454 g/mol. The minimum Gasteiger partial charge on any atom is -0.434 e. The molecule has 2 atom stereocenters. The second kappa shape index (κ2) is 7.84. The molecule has 0 aliphatic carbocycles. The van der Waals surface area contributed by atoms with Crippen molar-refractivity contribution in [1.29, 1.82) is 0 Å². The van der Waals surface area contributed by atoms with E-state index in [-0.39, 0.29) is 18.0 Å². The number of hydrogen-bond acceptors (Lipinski definition) is 5. The summed E-state index contributed by atoms with van der Waals surface area (Å²) < 4.78 is 47.3. The second-order valence-corrected chi connectivity index (χ2v) is 8.53. The van der Waals surface area contributed by atoms with E-state index in [1.165, 1.54) is 6.07 Å². The molecule has 2 unspecified atom stereocenters. The molecule has 0 spiro atoms. The summed E-state index contributed by atoms with van der Waals surface area (Å²) in [5.74, 6) is 0.576. The van der Waals surface area contributed by atoms with Crippen LogP contribution in [0.3, 0.4) is 0 Å². The van der Waals surface area contributed by atoms with Crippen LogP contribution in [0.4, 0.5) is 13.2 Å². The first kappa shape index (κ1) is 21.4. The molecule has 33 heavy (non-hydrogen) atoms. The third-order valence-electron chi connectivity index (χ3n) is 5.77. The Kier molecular flexibility index (Phi) is 5.08. The van der Waals surface area contributed by atoms with Gasteiger partial charge in [0.25, 0.3) is 0 Å². The molecule has 3 heterocycles.